The molecule has 0 radical (unpaired) electrons. The number of aliphatic imine (C=N–C) groups is 1. The first kappa shape index (κ1) is 25.0. The smallest absolute Gasteiger partial charge is 0.191 e. The van der Waals surface area contributed by atoms with Gasteiger partial charge in [0.05, 0.1) is 14.2 Å². The van der Waals surface area contributed by atoms with E-state index in [-0.39, 0.29) is 24.0 Å². The van der Waals surface area contributed by atoms with Crippen LogP contribution in [0.4, 0.5) is 0 Å². The molecule has 2 aliphatic heterocycles. The standard InChI is InChI=1S/C22H37N5O2.HI/c1-23-22(24-14-17-5-8-26(2)9-6-17)25-19-7-10-27(16-19)15-18-11-20(28-3)13-21(12-18)29-4;/h11-13,17,19H,5-10,14-16H2,1-4H3,(H2,23,24,25);1H. The topological polar surface area (TPSA) is 61.4 Å². The zero-order valence-corrected chi connectivity index (χ0v) is 21.1. The maximum absolute atomic E-state index is 5.40. The van der Waals surface area contributed by atoms with Gasteiger partial charge in [-0.1, -0.05) is 0 Å². The van der Waals surface area contributed by atoms with Gasteiger partial charge in [-0.2, -0.15) is 0 Å². The molecule has 1 atom stereocenters. The zero-order chi connectivity index (χ0) is 20.6. The number of ether oxygens (including phenoxy) is 2. The quantitative estimate of drug-likeness (QED) is 0.320. The lowest BCUT2D eigenvalue weighted by atomic mass is 9.97. The van der Waals surface area contributed by atoms with Crippen LogP contribution in [0.25, 0.3) is 0 Å². The van der Waals surface area contributed by atoms with E-state index in [1.165, 1.54) is 31.5 Å². The van der Waals surface area contributed by atoms with Gasteiger partial charge in [0.2, 0.25) is 0 Å². The van der Waals surface area contributed by atoms with Gasteiger partial charge in [-0.25, -0.2) is 0 Å². The van der Waals surface area contributed by atoms with Gasteiger partial charge in [0.1, 0.15) is 11.5 Å². The summed E-state index contributed by atoms with van der Waals surface area (Å²) in [6.45, 7) is 6.38. The van der Waals surface area contributed by atoms with Crippen molar-refractivity contribution in [1.82, 2.24) is 20.4 Å². The van der Waals surface area contributed by atoms with E-state index in [0.717, 1.165) is 56.0 Å². The minimum absolute atomic E-state index is 0. The van der Waals surface area contributed by atoms with Crippen LogP contribution in [0, 0.1) is 5.92 Å². The third-order valence-electron chi connectivity index (χ3n) is 6.05. The molecule has 30 heavy (non-hydrogen) atoms. The monoisotopic (exact) mass is 531 g/mol. The van der Waals surface area contributed by atoms with Crippen LogP contribution < -0.4 is 20.1 Å². The molecule has 3 rings (SSSR count). The van der Waals surface area contributed by atoms with E-state index in [1.807, 2.05) is 13.1 Å². The molecule has 0 aliphatic carbocycles. The normalized spacial score (nSPS) is 21.2. The number of halogens is 1. The molecular formula is C22H38IN5O2. The molecule has 2 N–H and O–H groups in total. The van der Waals surface area contributed by atoms with Crippen LogP contribution in [0.15, 0.2) is 23.2 Å². The van der Waals surface area contributed by atoms with Crippen molar-refractivity contribution in [2.75, 3.05) is 61.0 Å². The van der Waals surface area contributed by atoms with E-state index in [4.69, 9.17) is 9.47 Å². The summed E-state index contributed by atoms with van der Waals surface area (Å²) in [5.41, 5.74) is 1.21. The van der Waals surface area contributed by atoms with Crippen LogP contribution in [0.3, 0.4) is 0 Å². The van der Waals surface area contributed by atoms with Gasteiger partial charge in [-0.3, -0.25) is 9.89 Å². The second-order valence-electron chi connectivity index (χ2n) is 8.29. The minimum Gasteiger partial charge on any atom is -0.497 e. The summed E-state index contributed by atoms with van der Waals surface area (Å²) in [7, 11) is 7.45. The predicted octanol–water partition coefficient (Wildman–Crippen LogP) is 2.40. The Morgan fingerprint density at radius 1 is 1.07 bits per heavy atom. The fraction of sp³-hybridized carbons (Fsp3) is 0.682. The number of hydrogen-bond donors (Lipinski definition) is 2. The number of piperidine rings is 1. The molecule has 1 unspecified atom stereocenters. The van der Waals surface area contributed by atoms with Gasteiger partial charge >= 0.3 is 0 Å². The SMILES string of the molecule is CN=C(NCC1CCN(C)CC1)NC1CCN(Cc2cc(OC)cc(OC)c2)C1.I. The first-order chi connectivity index (χ1) is 14.1. The van der Waals surface area contributed by atoms with Crippen molar-refractivity contribution in [3.63, 3.8) is 0 Å². The van der Waals surface area contributed by atoms with E-state index in [1.54, 1.807) is 14.2 Å². The summed E-state index contributed by atoms with van der Waals surface area (Å²) in [5, 5.41) is 7.16. The average Bonchev–Trinajstić information content (AvgIpc) is 3.18. The second-order valence-corrected chi connectivity index (χ2v) is 8.29. The van der Waals surface area contributed by atoms with Gasteiger partial charge in [-0.15, -0.1) is 24.0 Å². The fourth-order valence-corrected chi connectivity index (χ4v) is 4.21. The molecule has 2 aliphatic rings. The number of hydrogen-bond acceptors (Lipinski definition) is 5. The van der Waals surface area contributed by atoms with Crippen molar-refractivity contribution in [2.45, 2.75) is 31.8 Å². The Morgan fingerprint density at radius 3 is 2.33 bits per heavy atom. The molecule has 170 valence electrons. The molecule has 0 amide bonds. The van der Waals surface area contributed by atoms with E-state index in [2.05, 4.69) is 44.6 Å². The fourth-order valence-electron chi connectivity index (χ4n) is 4.21. The summed E-state index contributed by atoms with van der Waals surface area (Å²) in [4.78, 5) is 9.32. The second kappa shape index (κ2) is 12.6. The number of guanidine groups is 1. The molecule has 0 spiro atoms. The molecular weight excluding hydrogens is 493 g/mol. The third kappa shape index (κ3) is 7.46. The Morgan fingerprint density at radius 2 is 1.73 bits per heavy atom. The van der Waals surface area contributed by atoms with Crippen LogP contribution in [0.1, 0.15) is 24.8 Å². The van der Waals surface area contributed by atoms with E-state index < -0.39 is 0 Å². The van der Waals surface area contributed by atoms with Crippen molar-refractivity contribution in [2.24, 2.45) is 10.9 Å². The number of nitrogens with zero attached hydrogens (tertiary/aromatic N) is 3. The largest absolute Gasteiger partial charge is 0.497 e. The summed E-state index contributed by atoms with van der Waals surface area (Å²) in [5.74, 6) is 3.35. The maximum Gasteiger partial charge on any atom is 0.191 e. The van der Waals surface area contributed by atoms with Crippen LogP contribution >= 0.6 is 24.0 Å². The average molecular weight is 531 g/mol. The third-order valence-corrected chi connectivity index (χ3v) is 6.05. The lowest BCUT2D eigenvalue weighted by Crippen LogP contribution is -2.46. The predicted molar refractivity (Wildman–Crippen MR) is 133 cm³/mol. The highest BCUT2D eigenvalue weighted by Gasteiger charge is 2.24. The number of likely N-dealkylation sites (tertiary alicyclic amines) is 2. The van der Waals surface area contributed by atoms with Crippen molar-refractivity contribution in [3.8, 4) is 11.5 Å². The number of nitrogens with one attached hydrogen (secondary N) is 2. The summed E-state index contributed by atoms with van der Waals surface area (Å²) in [6, 6.07) is 6.51. The molecule has 1 aromatic rings. The van der Waals surface area contributed by atoms with E-state index in [9.17, 15) is 0 Å². The van der Waals surface area contributed by atoms with Crippen molar-refractivity contribution in [1.29, 1.82) is 0 Å². The Kier molecular flexibility index (Phi) is 10.5. The molecule has 2 saturated heterocycles. The molecule has 0 bridgehead atoms. The highest BCUT2D eigenvalue weighted by atomic mass is 127. The van der Waals surface area contributed by atoms with E-state index in [0.29, 0.717) is 6.04 Å². The molecule has 7 nitrogen and oxygen atoms in total. The number of benzene rings is 1. The maximum atomic E-state index is 5.40. The van der Waals surface area contributed by atoms with Crippen LogP contribution in [0.2, 0.25) is 0 Å². The van der Waals surface area contributed by atoms with Crippen molar-refractivity contribution < 1.29 is 9.47 Å². The highest BCUT2D eigenvalue weighted by molar-refractivity contribution is 14.0. The van der Waals surface area contributed by atoms with Crippen LogP contribution in [0.5, 0.6) is 11.5 Å². The molecule has 8 heteroatoms. The summed E-state index contributed by atoms with van der Waals surface area (Å²) >= 11 is 0. The molecule has 0 saturated carbocycles. The van der Waals surface area contributed by atoms with Gasteiger partial charge in [0.15, 0.2) is 5.96 Å². The minimum atomic E-state index is 0. The lowest BCUT2D eigenvalue weighted by Gasteiger charge is -2.29. The van der Waals surface area contributed by atoms with Crippen LogP contribution in [-0.2, 0) is 6.54 Å². The first-order valence-corrected chi connectivity index (χ1v) is 10.7. The zero-order valence-electron chi connectivity index (χ0n) is 18.8. The van der Waals surface area contributed by atoms with Gasteiger partial charge in [-0.05, 0) is 63.0 Å². The van der Waals surface area contributed by atoms with Gasteiger partial charge in [0.25, 0.3) is 0 Å². The Balaban J connectivity index is 0.00000320. The Bertz CT molecular complexity index is 657. The first-order valence-electron chi connectivity index (χ1n) is 10.7. The van der Waals surface area contributed by atoms with Crippen molar-refractivity contribution >= 4 is 29.9 Å². The summed E-state index contributed by atoms with van der Waals surface area (Å²) in [6.07, 6.45) is 3.65. The number of rotatable bonds is 7. The Labute approximate surface area is 198 Å². The lowest BCUT2D eigenvalue weighted by molar-refractivity contribution is 0.220. The highest BCUT2D eigenvalue weighted by Crippen LogP contribution is 2.24. The van der Waals surface area contributed by atoms with Gasteiger partial charge in [0, 0.05) is 45.3 Å². The van der Waals surface area contributed by atoms with Crippen LogP contribution in [-0.4, -0.2) is 82.8 Å². The molecule has 2 heterocycles. The molecule has 2 fully saturated rings. The Hall–Kier alpha value is -1.26. The van der Waals surface area contributed by atoms with E-state index >= 15 is 0 Å². The molecule has 1 aromatic carbocycles. The molecule has 0 aromatic heterocycles. The summed E-state index contributed by atoms with van der Waals surface area (Å²) < 4.78 is 10.8. The van der Waals surface area contributed by atoms with Crippen molar-refractivity contribution in [3.05, 3.63) is 23.8 Å². The number of methoxy groups -OCH3 is 2. The van der Waals surface area contributed by atoms with Gasteiger partial charge < -0.3 is 25.0 Å².